The molecule has 25 heavy (non-hydrogen) atoms. The topological polar surface area (TPSA) is 108 Å². The fourth-order valence-corrected chi connectivity index (χ4v) is 3.22. The third-order valence-corrected chi connectivity index (χ3v) is 4.74. The Morgan fingerprint density at radius 3 is 2.56 bits per heavy atom. The molecule has 140 valence electrons. The molecule has 1 fully saturated rings. The Labute approximate surface area is 147 Å². The van der Waals surface area contributed by atoms with Gasteiger partial charge in [-0.2, -0.15) is 0 Å². The quantitative estimate of drug-likeness (QED) is 0.622. The van der Waals surface area contributed by atoms with Gasteiger partial charge in [-0.25, -0.2) is 4.79 Å². The number of carbonyl (C=O) groups excluding carboxylic acids is 1. The molecule has 0 aliphatic heterocycles. The number of hydrogen-bond donors (Lipinski definition) is 3. The molecule has 2 amide bonds. The third kappa shape index (κ3) is 4.94. The summed E-state index contributed by atoms with van der Waals surface area (Å²) in [5.74, 6) is -0.00343. The Balaban J connectivity index is 1.75. The van der Waals surface area contributed by atoms with Gasteiger partial charge in [0.15, 0.2) is 0 Å². The SMILES string of the molecule is CCc1noc(CC)c1CNC(=O)NC1CC(N(CC)CC(=O)O)C1. The van der Waals surface area contributed by atoms with Crippen LogP contribution in [0, 0.1) is 0 Å². The van der Waals surface area contributed by atoms with Crippen LogP contribution in [0.15, 0.2) is 4.52 Å². The molecule has 2 rings (SSSR count). The second kappa shape index (κ2) is 8.84. The van der Waals surface area contributed by atoms with E-state index in [0.29, 0.717) is 13.1 Å². The van der Waals surface area contributed by atoms with Crippen molar-refractivity contribution >= 4 is 12.0 Å². The van der Waals surface area contributed by atoms with Gasteiger partial charge in [-0.15, -0.1) is 0 Å². The predicted molar refractivity (Wildman–Crippen MR) is 92.3 cm³/mol. The number of aryl methyl sites for hydroxylation is 2. The van der Waals surface area contributed by atoms with Gasteiger partial charge in [0.1, 0.15) is 5.76 Å². The lowest BCUT2D eigenvalue weighted by Crippen LogP contribution is -2.56. The smallest absolute Gasteiger partial charge is 0.317 e. The van der Waals surface area contributed by atoms with Gasteiger partial charge >= 0.3 is 12.0 Å². The van der Waals surface area contributed by atoms with Crippen LogP contribution in [0.1, 0.15) is 50.6 Å². The monoisotopic (exact) mass is 352 g/mol. The molecule has 0 radical (unpaired) electrons. The van der Waals surface area contributed by atoms with Gasteiger partial charge in [0.05, 0.1) is 12.2 Å². The first-order chi connectivity index (χ1) is 12.0. The van der Waals surface area contributed by atoms with Crippen LogP contribution in [0.25, 0.3) is 0 Å². The van der Waals surface area contributed by atoms with Crippen molar-refractivity contribution < 1.29 is 19.2 Å². The molecular weight excluding hydrogens is 324 g/mol. The molecule has 1 aliphatic carbocycles. The summed E-state index contributed by atoms with van der Waals surface area (Å²) in [6.45, 7) is 7.10. The first-order valence-corrected chi connectivity index (χ1v) is 8.94. The van der Waals surface area contributed by atoms with Crippen LogP contribution in [0.3, 0.4) is 0 Å². The number of nitrogens with zero attached hydrogens (tertiary/aromatic N) is 2. The van der Waals surface area contributed by atoms with Gasteiger partial charge in [-0.1, -0.05) is 25.9 Å². The van der Waals surface area contributed by atoms with Crippen molar-refractivity contribution in [1.29, 1.82) is 0 Å². The van der Waals surface area contributed by atoms with E-state index in [1.807, 2.05) is 25.7 Å². The fraction of sp³-hybridized carbons (Fsp3) is 0.706. The Morgan fingerprint density at radius 1 is 1.28 bits per heavy atom. The predicted octanol–water partition coefficient (Wildman–Crippen LogP) is 1.54. The number of urea groups is 1. The zero-order valence-corrected chi connectivity index (χ0v) is 15.2. The maximum atomic E-state index is 12.1. The molecule has 3 N–H and O–H groups in total. The number of carboxylic acid groups (broad SMARTS) is 1. The highest BCUT2D eigenvalue weighted by atomic mass is 16.5. The summed E-state index contributed by atoms with van der Waals surface area (Å²) in [5.41, 5.74) is 1.85. The summed E-state index contributed by atoms with van der Waals surface area (Å²) < 4.78 is 5.29. The summed E-state index contributed by atoms with van der Waals surface area (Å²) in [6.07, 6.45) is 3.07. The second-order valence-corrected chi connectivity index (χ2v) is 6.34. The van der Waals surface area contributed by atoms with Crippen molar-refractivity contribution in [1.82, 2.24) is 20.7 Å². The van der Waals surface area contributed by atoms with Crippen LogP contribution in [-0.4, -0.2) is 52.3 Å². The van der Waals surface area contributed by atoms with Crippen molar-refractivity contribution in [2.75, 3.05) is 13.1 Å². The Kier molecular flexibility index (Phi) is 6.81. The number of amides is 2. The maximum Gasteiger partial charge on any atom is 0.317 e. The molecule has 1 aliphatic rings. The van der Waals surface area contributed by atoms with Crippen molar-refractivity contribution in [2.45, 2.75) is 65.1 Å². The van der Waals surface area contributed by atoms with E-state index in [0.717, 1.165) is 42.7 Å². The van der Waals surface area contributed by atoms with Crippen LogP contribution in [0.2, 0.25) is 0 Å². The highest BCUT2D eigenvalue weighted by molar-refractivity contribution is 5.74. The van der Waals surface area contributed by atoms with E-state index in [4.69, 9.17) is 9.63 Å². The van der Waals surface area contributed by atoms with Crippen molar-refractivity contribution in [2.24, 2.45) is 0 Å². The minimum absolute atomic E-state index is 0.0488. The van der Waals surface area contributed by atoms with E-state index < -0.39 is 5.97 Å². The van der Waals surface area contributed by atoms with E-state index in [1.54, 1.807) is 0 Å². The number of nitrogens with one attached hydrogen (secondary N) is 2. The van der Waals surface area contributed by atoms with Gasteiger partial charge < -0.3 is 20.3 Å². The molecule has 0 saturated heterocycles. The van der Waals surface area contributed by atoms with Gasteiger partial charge in [-0.3, -0.25) is 9.69 Å². The summed E-state index contributed by atoms with van der Waals surface area (Å²) in [5, 5.41) is 18.7. The first-order valence-electron chi connectivity index (χ1n) is 8.94. The van der Waals surface area contributed by atoms with Crippen LogP contribution in [0.4, 0.5) is 4.79 Å². The number of rotatable bonds is 9. The zero-order chi connectivity index (χ0) is 18.4. The van der Waals surface area contributed by atoms with Crippen LogP contribution < -0.4 is 10.6 Å². The molecule has 0 unspecified atom stereocenters. The Morgan fingerprint density at radius 2 is 2.00 bits per heavy atom. The lowest BCUT2D eigenvalue weighted by Gasteiger charge is -2.42. The summed E-state index contributed by atoms with van der Waals surface area (Å²) >= 11 is 0. The Hall–Kier alpha value is -2.09. The van der Waals surface area contributed by atoms with E-state index >= 15 is 0 Å². The molecule has 0 atom stereocenters. The highest BCUT2D eigenvalue weighted by Gasteiger charge is 2.34. The lowest BCUT2D eigenvalue weighted by molar-refractivity contribution is -0.139. The molecule has 0 aromatic carbocycles. The van der Waals surface area contributed by atoms with E-state index in [-0.39, 0.29) is 24.7 Å². The number of carboxylic acids is 1. The standard InChI is InChI=1S/C17H28N4O4/c1-4-14-13(15(5-2)25-20-14)9-18-17(24)19-11-7-12(8-11)21(6-3)10-16(22)23/h11-12H,4-10H2,1-3H3,(H,22,23)(H2,18,19,24). The minimum atomic E-state index is -0.816. The molecule has 0 bridgehead atoms. The fourth-order valence-electron chi connectivity index (χ4n) is 3.22. The van der Waals surface area contributed by atoms with E-state index in [1.165, 1.54) is 0 Å². The van der Waals surface area contributed by atoms with Crippen LogP contribution in [0.5, 0.6) is 0 Å². The second-order valence-electron chi connectivity index (χ2n) is 6.34. The zero-order valence-electron chi connectivity index (χ0n) is 15.2. The number of aliphatic carboxylic acids is 1. The van der Waals surface area contributed by atoms with E-state index in [9.17, 15) is 9.59 Å². The summed E-state index contributed by atoms with van der Waals surface area (Å²) in [4.78, 5) is 24.9. The lowest BCUT2D eigenvalue weighted by atomic mass is 9.85. The molecule has 1 aromatic heterocycles. The molecule has 1 aromatic rings. The van der Waals surface area contributed by atoms with Gasteiger partial charge in [0.25, 0.3) is 0 Å². The van der Waals surface area contributed by atoms with Crippen molar-refractivity contribution in [3.63, 3.8) is 0 Å². The molecule has 1 saturated carbocycles. The van der Waals surface area contributed by atoms with Gasteiger partial charge in [0.2, 0.25) is 0 Å². The number of aromatic nitrogens is 1. The number of hydrogen-bond acceptors (Lipinski definition) is 5. The van der Waals surface area contributed by atoms with E-state index in [2.05, 4.69) is 15.8 Å². The molecule has 1 heterocycles. The van der Waals surface area contributed by atoms with Gasteiger partial charge in [-0.05, 0) is 25.8 Å². The first kappa shape index (κ1) is 19.2. The molecule has 8 nitrogen and oxygen atoms in total. The average molecular weight is 352 g/mol. The molecular formula is C17H28N4O4. The van der Waals surface area contributed by atoms with Gasteiger partial charge in [0, 0.05) is 30.6 Å². The summed E-state index contributed by atoms with van der Waals surface area (Å²) in [6, 6.07) is 0.101. The minimum Gasteiger partial charge on any atom is -0.480 e. The normalized spacial score (nSPS) is 19.5. The largest absolute Gasteiger partial charge is 0.480 e. The van der Waals surface area contributed by atoms with Crippen molar-refractivity contribution in [3.05, 3.63) is 17.0 Å². The third-order valence-electron chi connectivity index (χ3n) is 4.74. The number of carbonyl (C=O) groups is 2. The van der Waals surface area contributed by atoms with Crippen LogP contribution >= 0.6 is 0 Å². The average Bonchev–Trinajstić information content (AvgIpc) is 2.95. The summed E-state index contributed by atoms with van der Waals surface area (Å²) in [7, 11) is 0. The number of likely N-dealkylation sites (N-methyl/N-ethyl adjacent to an activating group) is 1. The Bertz CT molecular complexity index is 574. The van der Waals surface area contributed by atoms with Crippen molar-refractivity contribution in [3.8, 4) is 0 Å². The molecule has 0 spiro atoms. The maximum absolute atomic E-state index is 12.1. The highest BCUT2D eigenvalue weighted by Crippen LogP contribution is 2.25. The molecule has 8 heteroatoms. The van der Waals surface area contributed by atoms with Crippen LogP contribution in [-0.2, 0) is 24.2 Å².